The van der Waals surface area contributed by atoms with Gasteiger partial charge in [-0.1, -0.05) is 92.9 Å². The first-order valence-electron chi connectivity index (χ1n) is 19.1. The van der Waals surface area contributed by atoms with Crippen molar-refractivity contribution >= 4 is 35.5 Å². The minimum Gasteiger partial charge on any atom is -0.460 e. The van der Waals surface area contributed by atoms with Crippen LogP contribution < -0.4 is 27.0 Å². The second-order valence-corrected chi connectivity index (χ2v) is 14.7. The molecule has 1 heterocycles. The molecular weight excluding hydrogens is 656 g/mol. The van der Waals surface area contributed by atoms with Crippen molar-refractivity contribution < 1.29 is 38.6 Å². The molecule has 294 valence electrons. The molecule has 1 saturated heterocycles. The van der Waals surface area contributed by atoms with Crippen LogP contribution in [-0.4, -0.2) is 102 Å². The van der Waals surface area contributed by atoms with Crippen LogP contribution in [0.2, 0.25) is 0 Å². The molecule has 0 aromatic heterocycles. The molecule has 1 aliphatic rings. The molecule has 9 atom stereocenters. The van der Waals surface area contributed by atoms with Gasteiger partial charge in [0.1, 0.15) is 36.3 Å². The fourth-order valence-corrected chi connectivity index (χ4v) is 6.13. The van der Waals surface area contributed by atoms with Gasteiger partial charge in [0.15, 0.2) is 0 Å². The summed E-state index contributed by atoms with van der Waals surface area (Å²) in [4.78, 5) is 83.0. The maximum Gasteiger partial charge on any atom is 0.328 e. The van der Waals surface area contributed by atoms with Gasteiger partial charge in [0.05, 0.1) is 12.0 Å². The summed E-state index contributed by atoms with van der Waals surface area (Å²) in [6.07, 6.45) is 7.40. The normalized spacial score (nSPS) is 27.7. The van der Waals surface area contributed by atoms with Crippen molar-refractivity contribution in [2.24, 2.45) is 23.5 Å². The summed E-state index contributed by atoms with van der Waals surface area (Å²) in [5, 5.41) is 20.7. The van der Waals surface area contributed by atoms with Crippen molar-refractivity contribution in [2.75, 3.05) is 13.6 Å². The maximum atomic E-state index is 14.1. The number of hydrogen-bond donors (Lipinski definition) is 6. The Balaban J connectivity index is 3.58. The molecule has 1 aliphatic heterocycles. The first-order chi connectivity index (χ1) is 24.0. The van der Waals surface area contributed by atoms with Crippen LogP contribution in [0.25, 0.3) is 0 Å². The van der Waals surface area contributed by atoms with Crippen molar-refractivity contribution in [1.29, 1.82) is 0 Å². The number of ether oxygens (including phenoxy) is 1. The fraction of sp³-hybridized carbons (Fsp3) is 0.838. The van der Waals surface area contributed by atoms with E-state index < -0.39 is 83.8 Å². The Kier molecular flexibility index (Phi) is 20.9. The Morgan fingerprint density at radius 1 is 0.765 bits per heavy atom. The molecule has 5 amide bonds. The molecular formula is C37H68N6O8. The van der Waals surface area contributed by atoms with E-state index in [1.54, 1.807) is 13.8 Å². The monoisotopic (exact) mass is 725 g/mol. The largest absolute Gasteiger partial charge is 0.460 e. The number of carbonyl (C=O) groups excluding carboxylic acids is 6. The minimum atomic E-state index is -1.50. The van der Waals surface area contributed by atoms with Crippen molar-refractivity contribution in [2.45, 2.75) is 168 Å². The standard InChI is InChI=1S/C37H68N6O8/c1-10-12-13-14-15-16-17-18-19-29-24(6)36(49)43(9)28(20-22(3)4)33(46)41-30(23(5)11-2)34(47)40-27(21-38)32(45)42-31(26(8)44)35(48)39-25(7)37(50)51-29/h22-31,44H,10-21,38H2,1-9H3,(H,39,48)(H,40,47)(H,41,46)(H,42,45)/t23-,24-,25+,26+,27+,28+,29-,30+,31+/m1/s1. The lowest BCUT2D eigenvalue weighted by atomic mass is 9.94. The first kappa shape index (κ1) is 45.8. The van der Waals surface area contributed by atoms with Gasteiger partial charge in [0.2, 0.25) is 29.5 Å². The number of hydrogen-bond acceptors (Lipinski definition) is 9. The summed E-state index contributed by atoms with van der Waals surface area (Å²) in [5.41, 5.74) is 5.85. The number of aliphatic hydroxyl groups excluding tert-OH is 1. The molecule has 1 fully saturated rings. The second kappa shape index (κ2) is 23.3. The number of unbranched alkanes of at least 4 members (excludes halogenated alkanes) is 7. The number of rotatable bonds is 15. The van der Waals surface area contributed by atoms with E-state index in [1.807, 2.05) is 20.8 Å². The van der Waals surface area contributed by atoms with Crippen LogP contribution in [0.15, 0.2) is 0 Å². The number of nitrogens with zero attached hydrogens (tertiary/aromatic N) is 1. The maximum absolute atomic E-state index is 14.1. The van der Waals surface area contributed by atoms with Crippen LogP contribution in [0.4, 0.5) is 0 Å². The zero-order valence-corrected chi connectivity index (χ0v) is 32.6. The smallest absolute Gasteiger partial charge is 0.328 e. The number of aliphatic hydroxyl groups is 1. The lowest BCUT2D eigenvalue weighted by Crippen LogP contribution is -2.62. The van der Waals surface area contributed by atoms with Gasteiger partial charge in [-0.25, -0.2) is 4.79 Å². The Bertz CT molecular complexity index is 1130. The molecule has 0 aromatic rings. The highest BCUT2D eigenvalue weighted by Gasteiger charge is 2.39. The lowest BCUT2D eigenvalue weighted by molar-refractivity contribution is -0.160. The average molecular weight is 725 g/mol. The van der Waals surface area contributed by atoms with Gasteiger partial charge in [-0.3, -0.25) is 24.0 Å². The van der Waals surface area contributed by atoms with Crippen LogP contribution in [0.3, 0.4) is 0 Å². The number of likely N-dealkylation sites (N-methyl/N-ethyl adjacent to an activating group) is 1. The Morgan fingerprint density at radius 3 is 1.84 bits per heavy atom. The topological polar surface area (TPSA) is 209 Å². The third-order valence-electron chi connectivity index (χ3n) is 9.81. The summed E-state index contributed by atoms with van der Waals surface area (Å²) in [6.45, 7) is 13.7. The second-order valence-electron chi connectivity index (χ2n) is 14.7. The Hall–Kier alpha value is -3.26. The Morgan fingerprint density at radius 2 is 1.31 bits per heavy atom. The van der Waals surface area contributed by atoms with Gasteiger partial charge in [-0.2, -0.15) is 0 Å². The van der Waals surface area contributed by atoms with E-state index in [4.69, 9.17) is 10.5 Å². The predicted molar refractivity (Wildman–Crippen MR) is 196 cm³/mol. The summed E-state index contributed by atoms with van der Waals surface area (Å²) in [7, 11) is 1.54. The van der Waals surface area contributed by atoms with Crippen LogP contribution in [-0.2, 0) is 33.5 Å². The number of amides is 5. The molecule has 14 heteroatoms. The highest BCUT2D eigenvalue weighted by Crippen LogP contribution is 2.23. The van der Waals surface area contributed by atoms with Crippen molar-refractivity contribution in [3.8, 4) is 0 Å². The summed E-state index contributed by atoms with van der Waals surface area (Å²) < 4.78 is 5.92. The van der Waals surface area contributed by atoms with E-state index in [0.717, 1.165) is 25.7 Å². The van der Waals surface area contributed by atoms with E-state index in [2.05, 4.69) is 28.2 Å². The molecule has 0 saturated carbocycles. The van der Waals surface area contributed by atoms with Gasteiger partial charge in [-0.15, -0.1) is 0 Å². The number of cyclic esters (lactones) is 1. The molecule has 0 radical (unpaired) electrons. The first-order valence-corrected chi connectivity index (χ1v) is 19.1. The zero-order chi connectivity index (χ0) is 38.8. The van der Waals surface area contributed by atoms with Gasteiger partial charge in [0.25, 0.3) is 0 Å². The van der Waals surface area contributed by atoms with E-state index in [-0.39, 0.29) is 18.4 Å². The summed E-state index contributed by atoms with van der Waals surface area (Å²) in [6, 6.07) is -6.02. The highest BCUT2D eigenvalue weighted by molar-refractivity contribution is 5.96. The average Bonchev–Trinajstić information content (AvgIpc) is 3.08. The molecule has 0 unspecified atom stereocenters. The van der Waals surface area contributed by atoms with Gasteiger partial charge in [0, 0.05) is 13.6 Å². The van der Waals surface area contributed by atoms with Crippen molar-refractivity contribution in [3.05, 3.63) is 0 Å². The van der Waals surface area contributed by atoms with E-state index >= 15 is 0 Å². The molecule has 0 aliphatic carbocycles. The van der Waals surface area contributed by atoms with E-state index in [1.165, 1.54) is 45.1 Å². The summed E-state index contributed by atoms with van der Waals surface area (Å²) in [5.74, 6) is -5.27. The van der Waals surface area contributed by atoms with E-state index in [9.17, 15) is 33.9 Å². The molecule has 1 rings (SSSR count). The number of esters is 1. The molecule has 0 bridgehead atoms. The van der Waals surface area contributed by atoms with Crippen LogP contribution in [0, 0.1) is 17.8 Å². The minimum absolute atomic E-state index is 0.00591. The number of nitrogens with two attached hydrogens (primary N) is 1. The van der Waals surface area contributed by atoms with Crippen molar-refractivity contribution in [1.82, 2.24) is 26.2 Å². The number of carbonyl (C=O) groups is 6. The van der Waals surface area contributed by atoms with Crippen LogP contribution in [0.1, 0.15) is 126 Å². The van der Waals surface area contributed by atoms with Crippen LogP contribution in [0.5, 0.6) is 0 Å². The van der Waals surface area contributed by atoms with Gasteiger partial charge >= 0.3 is 5.97 Å². The van der Waals surface area contributed by atoms with Gasteiger partial charge in [-0.05, 0) is 44.9 Å². The SMILES string of the molecule is CCCCCCCCCC[C@H]1OC(=O)[C@H](C)NC(=O)[C@H]([C@H](C)O)NC(=O)[C@H](CN)NC(=O)[C@H]([C@H](C)CC)NC(=O)[C@H](CC(C)C)N(C)C(=O)[C@@H]1C. The van der Waals surface area contributed by atoms with E-state index in [0.29, 0.717) is 25.7 Å². The zero-order valence-electron chi connectivity index (χ0n) is 32.6. The molecule has 0 aromatic carbocycles. The molecule has 51 heavy (non-hydrogen) atoms. The fourth-order valence-electron chi connectivity index (χ4n) is 6.13. The molecule has 14 nitrogen and oxygen atoms in total. The quantitative estimate of drug-likeness (QED) is 0.108. The predicted octanol–water partition coefficient (Wildman–Crippen LogP) is 2.30. The Labute approximate surface area is 305 Å². The van der Waals surface area contributed by atoms with Gasteiger partial charge < -0.3 is 41.7 Å². The number of nitrogens with one attached hydrogen (secondary N) is 4. The molecule has 7 N–H and O–H groups in total. The van der Waals surface area contributed by atoms with Crippen molar-refractivity contribution in [3.63, 3.8) is 0 Å². The highest BCUT2D eigenvalue weighted by atomic mass is 16.5. The van der Waals surface area contributed by atoms with Crippen LogP contribution >= 0.6 is 0 Å². The lowest BCUT2D eigenvalue weighted by Gasteiger charge is -2.34. The summed E-state index contributed by atoms with van der Waals surface area (Å²) >= 11 is 0. The third kappa shape index (κ3) is 15.1. The molecule has 0 spiro atoms. The third-order valence-corrected chi connectivity index (χ3v) is 9.81.